The van der Waals surface area contributed by atoms with E-state index in [1.54, 1.807) is 0 Å². The van der Waals surface area contributed by atoms with E-state index in [0.717, 1.165) is 24.2 Å². The molecule has 1 aliphatic carbocycles. The second kappa shape index (κ2) is 3.95. The lowest BCUT2D eigenvalue weighted by Crippen LogP contribution is -1.96. The van der Waals surface area contributed by atoms with E-state index in [-0.39, 0.29) is 0 Å². The predicted molar refractivity (Wildman–Crippen MR) is 57.6 cm³/mol. The molecule has 0 bridgehead atoms. The van der Waals surface area contributed by atoms with Crippen molar-refractivity contribution >= 4 is 6.29 Å². The first-order valence-corrected chi connectivity index (χ1v) is 5.40. The highest BCUT2D eigenvalue weighted by Crippen LogP contribution is 2.33. The van der Waals surface area contributed by atoms with Crippen LogP contribution in [-0.2, 0) is 12.8 Å². The van der Waals surface area contributed by atoms with Gasteiger partial charge in [-0.25, -0.2) is 0 Å². The first kappa shape index (κ1) is 9.45. The highest BCUT2D eigenvalue weighted by molar-refractivity contribution is 5.75. The SMILES string of the molecule is CCc1cc(C=O)ccc1CC1CC1. The van der Waals surface area contributed by atoms with Gasteiger partial charge in [0.25, 0.3) is 0 Å². The molecule has 0 unspecified atom stereocenters. The Bertz CT molecular complexity index is 337. The van der Waals surface area contributed by atoms with Crippen molar-refractivity contribution in [3.8, 4) is 0 Å². The van der Waals surface area contributed by atoms with Gasteiger partial charge in [0.2, 0.25) is 0 Å². The van der Waals surface area contributed by atoms with Gasteiger partial charge in [0.05, 0.1) is 0 Å². The second-order valence-electron chi connectivity index (χ2n) is 4.15. The van der Waals surface area contributed by atoms with E-state index in [2.05, 4.69) is 13.0 Å². The molecule has 0 spiro atoms. The Morgan fingerprint density at radius 3 is 2.71 bits per heavy atom. The van der Waals surface area contributed by atoms with Gasteiger partial charge in [0, 0.05) is 5.56 Å². The van der Waals surface area contributed by atoms with Gasteiger partial charge < -0.3 is 0 Å². The minimum atomic E-state index is 0.807. The molecular formula is C13H16O. The normalized spacial score (nSPS) is 15.5. The van der Waals surface area contributed by atoms with Crippen LogP contribution in [0.1, 0.15) is 41.3 Å². The summed E-state index contributed by atoms with van der Waals surface area (Å²) in [4.78, 5) is 10.6. The van der Waals surface area contributed by atoms with Crippen LogP contribution in [0.3, 0.4) is 0 Å². The van der Waals surface area contributed by atoms with E-state index in [0.29, 0.717) is 0 Å². The van der Waals surface area contributed by atoms with Crippen LogP contribution in [0.15, 0.2) is 18.2 Å². The fourth-order valence-electron chi connectivity index (χ4n) is 1.88. The molecule has 1 aromatic rings. The van der Waals surface area contributed by atoms with E-state index in [1.165, 1.54) is 30.4 Å². The third-order valence-electron chi connectivity index (χ3n) is 2.95. The van der Waals surface area contributed by atoms with Crippen molar-refractivity contribution in [2.45, 2.75) is 32.6 Å². The van der Waals surface area contributed by atoms with E-state index in [1.807, 2.05) is 12.1 Å². The van der Waals surface area contributed by atoms with Crippen LogP contribution in [0.5, 0.6) is 0 Å². The molecule has 74 valence electrons. The summed E-state index contributed by atoms with van der Waals surface area (Å²) in [5.74, 6) is 0.919. The van der Waals surface area contributed by atoms with Gasteiger partial charge in [0.1, 0.15) is 6.29 Å². The molecular weight excluding hydrogens is 172 g/mol. The van der Waals surface area contributed by atoms with Crippen LogP contribution in [0.25, 0.3) is 0 Å². The maximum atomic E-state index is 10.6. The van der Waals surface area contributed by atoms with Gasteiger partial charge in [-0.2, -0.15) is 0 Å². The Balaban J connectivity index is 2.23. The molecule has 1 aromatic carbocycles. The lowest BCUT2D eigenvalue weighted by Gasteiger charge is -2.07. The number of hydrogen-bond donors (Lipinski definition) is 0. The monoisotopic (exact) mass is 188 g/mol. The number of benzene rings is 1. The summed E-state index contributed by atoms with van der Waals surface area (Å²) in [6.45, 7) is 2.15. The zero-order valence-electron chi connectivity index (χ0n) is 8.62. The van der Waals surface area contributed by atoms with E-state index >= 15 is 0 Å². The van der Waals surface area contributed by atoms with Gasteiger partial charge in [-0.05, 0) is 48.8 Å². The smallest absolute Gasteiger partial charge is 0.150 e. The van der Waals surface area contributed by atoms with Crippen molar-refractivity contribution in [3.63, 3.8) is 0 Å². The molecule has 14 heavy (non-hydrogen) atoms. The molecule has 2 rings (SSSR count). The third-order valence-corrected chi connectivity index (χ3v) is 2.95. The highest BCUT2D eigenvalue weighted by atomic mass is 16.1. The molecule has 0 amide bonds. The predicted octanol–water partition coefficient (Wildman–Crippen LogP) is 3.01. The fourth-order valence-corrected chi connectivity index (χ4v) is 1.88. The van der Waals surface area contributed by atoms with Crippen LogP contribution >= 0.6 is 0 Å². The minimum absolute atomic E-state index is 0.807. The molecule has 0 aliphatic heterocycles. The molecule has 1 aliphatic rings. The summed E-state index contributed by atoms with van der Waals surface area (Å²) >= 11 is 0. The number of aldehydes is 1. The number of carbonyl (C=O) groups excluding carboxylic acids is 1. The Morgan fingerprint density at radius 1 is 1.36 bits per heavy atom. The van der Waals surface area contributed by atoms with Crippen LogP contribution < -0.4 is 0 Å². The van der Waals surface area contributed by atoms with Crippen molar-refractivity contribution in [1.82, 2.24) is 0 Å². The van der Waals surface area contributed by atoms with Gasteiger partial charge in [0.15, 0.2) is 0 Å². The molecule has 0 atom stereocenters. The van der Waals surface area contributed by atoms with Gasteiger partial charge in [-0.3, -0.25) is 4.79 Å². The van der Waals surface area contributed by atoms with Crippen molar-refractivity contribution in [2.75, 3.05) is 0 Å². The molecule has 0 heterocycles. The average Bonchev–Trinajstić information content (AvgIpc) is 3.02. The van der Waals surface area contributed by atoms with Crippen LogP contribution in [0, 0.1) is 5.92 Å². The Labute approximate surface area is 85.1 Å². The third kappa shape index (κ3) is 2.03. The first-order chi connectivity index (χ1) is 6.83. The van der Waals surface area contributed by atoms with Crippen molar-refractivity contribution in [2.24, 2.45) is 5.92 Å². The fraction of sp³-hybridized carbons (Fsp3) is 0.462. The largest absolute Gasteiger partial charge is 0.298 e. The number of aryl methyl sites for hydroxylation is 1. The van der Waals surface area contributed by atoms with Crippen LogP contribution in [-0.4, -0.2) is 6.29 Å². The molecule has 1 saturated carbocycles. The summed E-state index contributed by atoms with van der Waals surface area (Å²) in [5.41, 5.74) is 3.60. The minimum Gasteiger partial charge on any atom is -0.298 e. The zero-order valence-corrected chi connectivity index (χ0v) is 8.62. The first-order valence-electron chi connectivity index (χ1n) is 5.40. The quantitative estimate of drug-likeness (QED) is 0.664. The van der Waals surface area contributed by atoms with E-state index < -0.39 is 0 Å². The van der Waals surface area contributed by atoms with Gasteiger partial charge in [-0.15, -0.1) is 0 Å². The van der Waals surface area contributed by atoms with E-state index in [9.17, 15) is 4.79 Å². The van der Waals surface area contributed by atoms with Gasteiger partial charge >= 0.3 is 0 Å². The molecule has 0 N–H and O–H groups in total. The summed E-state index contributed by atoms with van der Waals surface area (Å²) in [6.07, 6.45) is 5.95. The Morgan fingerprint density at radius 2 is 2.14 bits per heavy atom. The Hall–Kier alpha value is -1.11. The maximum absolute atomic E-state index is 10.6. The molecule has 1 heteroatoms. The van der Waals surface area contributed by atoms with Crippen molar-refractivity contribution in [1.29, 1.82) is 0 Å². The lowest BCUT2D eigenvalue weighted by atomic mass is 9.98. The van der Waals surface area contributed by atoms with Crippen LogP contribution in [0.4, 0.5) is 0 Å². The summed E-state index contributed by atoms with van der Waals surface area (Å²) in [5, 5.41) is 0. The Kier molecular flexibility index (Phi) is 2.67. The summed E-state index contributed by atoms with van der Waals surface area (Å²) < 4.78 is 0. The molecule has 1 fully saturated rings. The van der Waals surface area contributed by atoms with Crippen molar-refractivity contribution in [3.05, 3.63) is 34.9 Å². The maximum Gasteiger partial charge on any atom is 0.150 e. The number of hydrogen-bond acceptors (Lipinski definition) is 1. The molecule has 1 nitrogen and oxygen atoms in total. The van der Waals surface area contributed by atoms with E-state index in [4.69, 9.17) is 0 Å². The standard InChI is InChI=1S/C13H16O/c1-2-12-8-11(9-14)5-6-13(12)7-10-3-4-10/h5-6,8-10H,2-4,7H2,1H3. The second-order valence-corrected chi connectivity index (χ2v) is 4.15. The highest BCUT2D eigenvalue weighted by Gasteiger charge is 2.22. The molecule has 0 aromatic heterocycles. The van der Waals surface area contributed by atoms with Crippen molar-refractivity contribution < 1.29 is 4.79 Å². The van der Waals surface area contributed by atoms with Gasteiger partial charge in [-0.1, -0.05) is 19.1 Å². The lowest BCUT2D eigenvalue weighted by molar-refractivity contribution is 0.112. The molecule has 0 radical (unpaired) electrons. The van der Waals surface area contributed by atoms with Crippen LogP contribution in [0.2, 0.25) is 0 Å². The topological polar surface area (TPSA) is 17.1 Å². The number of carbonyl (C=O) groups is 1. The zero-order chi connectivity index (χ0) is 9.97. The molecule has 0 saturated heterocycles. The summed E-state index contributed by atoms with van der Waals surface area (Å²) in [7, 11) is 0. The average molecular weight is 188 g/mol. The summed E-state index contributed by atoms with van der Waals surface area (Å²) in [6, 6.07) is 6.09. The number of rotatable bonds is 4.